The first-order valence-electron chi connectivity index (χ1n) is 10.6. The third-order valence-electron chi connectivity index (χ3n) is 6.48. The highest BCUT2D eigenvalue weighted by Crippen LogP contribution is 2.46. The maximum Gasteiger partial charge on any atom is 0.275 e. The summed E-state index contributed by atoms with van der Waals surface area (Å²) in [7, 11) is -3.59. The highest BCUT2D eigenvalue weighted by Gasteiger charge is 2.52. The molecule has 174 valence electrons. The molecule has 2 aromatic heterocycles. The van der Waals surface area contributed by atoms with Crippen molar-refractivity contribution >= 4 is 32.9 Å². The summed E-state index contributed by atoms with van der Waals surface area (Å²) in [6.45, 7) is 3.41. The van der Waals surface area contributed by atoms with Gasteiger partial charge in [0.15, 0.2) is 9.84 Å². The van der Waals surface area contributed by atoms with E-state index in [1.54, 1.807) is 54.8 Å². The van der Waals surface area contributed by atoms with Crippen LogP contribution in [-0.2, 0) is 15.4 Å². The molecule has 2 aliphatic rings. The lowest BCUT2D eigenvalue weighted by Gasteiger charge is -2.42. The Balaban J connectivity index is 1.50. The molecule has 5 rings (SSSR count). The summed E-state index contributed by atoms with van der Waals surface area (Å²) in [6, 6.07) is 10.4. The molecule has 3 aromatic rings. The number of amides is 1. The predicted molar refractivity (Wildman–Crippen MR) is 126 cm³/mol. The average molecular weight is 479 g/mol. The molecule has 11 heteroatoms. The monoisotopic (exact) mass is 478 g/mol. The van der Waals surface area contributed by atoms with Crippen molar-refractivity contribution in [1.82, 2.24) is 9.38 Å². The summed E-state index contributed by atoms with van der Waals surface area (Å²) in [6.07, 6.45) is 3.48. The van der Waals surface area contributed by atoms with Crippen molar-refractivity contribution in [1.29, 1.82) is 5.26 Å². The molecule has 2 aliphatic heterocycles. The summed E-state index contributed by atoms with van der Waals surface area (Å²) in [5, 5.41) is 11.9. The molecule has 0 radical (unpaired) electrons. The number of hydrogen-bond acceptors (Lipinski definition) is 8. The number of aliphatic imine (C=N–C) groups is 1. The molecule has 4 heterocycles. The molecular formula is C23H22N6O4S. The molecule has 10 nitrogen and oxygen atoms in total. The molecule has 0 bridgehead atoms. The highest BCUT2D eigenvalue weighted by atomic mass is 32.2. The average Bonchev–Trinajstić information content (AvgIpc) is 3.22. The summed E-state index contributed by atoms with van der Waals surface area (Å²) in [5.41, 5.74) is 7.20. The van der Waals surface area contributed by atoms with Gasteiger partial charge in [-0.15, -0.1) is 0 Å². The molecule has 0 saturated heterocycles. The standard InChI is InChI=1S/C23H22N6O4S/c1-22(2)21(25)28-23(13-34(22,31)32)7-8-33-18-5-4-15(9-16(18)23)26-20(30)17-12-29-11-14(10-24)3-6-19(29)27-17/h3-6,9,11-12H,7-8,13H2,1-2H3,(H2,25,28)(H,26,30)/t23-/m0/s1. The van der Waals surface area contributed by atoms with Gasteiger partial charge in [-0.2, -0.15) is 5.26 Å². The van der Waals surface area contributed by atoms with Crippen LogP contribution < -0.4 is 15.8 Å². The van der Waals surface area contributed by atoms with Crippen molar-refractivity contribution in [2.45, 2.75) is 30.6 Å². The second-order valence-electron chi connectivity index (χ2n) is 8.98. The minimum atomic E-state index is -3.59. The SMILES string of the molecule is CC1(C)C(N)=N[C@@]2(CCOc3ccc(NC(=O)c4cn5cc(C#N)ccc5n4)cc32)CS1(=O)=O. The lowest BCUT2D eigenvalue weighted by atomic mass is 9.85. The normalized spacial score (nSPS) is 22.3. The smallest absolute Gasteiger partial charge is 0.275 e. The van der Waals surface area contributed by atoms with Gasteiger partial charge in [0.1, 0.15) is 39.3 Å². The van der Waals surface area contributed by atoms with Crippen LogP contribution in [0.1, 0.15) is 41.9 Å². The number of carbonyl (C=O) groups is 1. The van der Waals surface area contributed by atoms with E-state index in [1.807, 2.05) is 6.07 Å². The van der Waals surface area contributed by atoms with Crippen LogP contribution in [0.2, 0.25) is 0 Å². The van der Waals surface area contributed by atoms with Gasteiger partial charge in [0.05, 0.1) is 17.9 Å². The number of amidine groups is 1. The lowest BCUT2D eigenvalue weighted by Crippen LogP contribution is -2.56. The Morgan fingerprint density at radius 2 is 2.06 bits per heavy atom. The van der Waals surface area contributed by atoms with Gasteiger partial charge in [0.2, 0.25) is 0 Å². The van der Waals surface area contributed by atoms with Gasteiger partial charge >= 0.3 is 0 Å². The van der Waals surface area contributed by atoms with E-state index in [4.69, 9.17) is 15.7 Å². The van der Waals surface area contributed by atoms with E-state index in [9.17, 15) is 13.2 Å². The van der Waals surface area contributed by atoms with Crippen LogP contribution in [0.3, 0.4) is 0 Å². The number of ether oxygens (including phenoxy) is 1. The fourth-order valence-corrected chi connectivity index (χ4v) is 5.96. The first kappa shape index (κ1) is 21.9. The van der Waals surface area contributed by atoms with E-state index in [-0.39, 0.29) is 17.3 Å². The Morgan fingerprint density at radius 1 is 1.26 bits per heavy atom. The topological polar surface area (TPSA) is 152 Å². The van der Waals surface area contributed by atoms with Crippen molar-refractivity contribution in [2.24, 2.45) is 10.7 Å². The molecule has 1 atom stereocenters. The predicted octanol–water partition coefficient (Wildman–Crippen LogP) is 2.00. The van der Waals surface area contributed by atoms with Crippen LogP contribution in [-0.4, -0.2) is 46.7 Å². The number of imidazole rings is 1. The number of nitrogens with one attached hydrogen (secondary N) is 1. The number of rotatable bonds is 2. The van der Waals surface area contributed by atoms with E-state index in [0.29, 0.717) is 41.2 Å². The number of carbonyl (C=O) groups excluding carboxylic acids is 1. The fraction of sp³-hybridized carbons (Fsp3) is 0.304. The molecule has 0 aliphatic carbocycles. The van der Waals surface area contributed by atoms with E-state index in [0.717, 1.165) is 0 Å². The van der Waals surface area contributed by atoms with Gasteiger partial charge in [-0.25, -0.2) is 13.4 Å². The van der Waals surface area contributed by atoms with Gasteiger partial charge in [0, 0.05) is 30.1 Å². The second-order valence-corrected chi connectivity index (χ2v) is 11.5. The van der Waals surface area contributed by atoms with Crippen molar-refractivity contribution in [2.75, 3.05) is 17.7 Å². The fourth-order valence-electron chi connectivity index (χ4n) is 4.24. The largest absolute Gasteiger partial charge is 0.493 e. The Hall–Kier alpha value is -3.91. The minimum Gasteiger partial charge on any atom is -0.493 e. The number of hydrogen-bond donors (Lipinski definition) is 2. The quantitative estimate of drug-likeness (QED) is 0.571. The zero-order valence-electron chi connectivity index (χ0n) is 18.6. The molecule has 34 heavy (non-hydrogen) atoms. The van der Waals surface area contributed by atoms with Crippen molar-refractivity contribution in [3.8, 4) is 11.8 Å². The van der Waals surface area contributed by atoms with Gasteiger partial charge in [0.25, 0.3) is 5.91 Å². The second kappa shape index (κ2) is 7.30. The van der Waals surface area contributed by atoms with E-state index in [2.05, 4.69) is 15.3 Å². The number of benzene rings is 1. The van der Waals surface area contributed by atoms with Crippen molar-refractivity contribution in [3.05, 3.63) is 59.5 Å². The summed E-state index contributed by atoms with van der Waals surface area (Å²) >= 11 is 0. The maximum absolute atomic E-state index is 13.1. The maximum atomic E-state index is 13.1. The minimum absolute atomic E-state index is 0.0578. The zero-order chi connectivity index (χ0) is 24.3. The van der Waals surface area contributed by atoms with Gasteiger partial charge in [-0.3, -0.25) is 9.79 Å². The molecule has 1 spiro atoms. The third-order valence-corrected chi connectivity index (χ3v) is 9.10. The van der Waals surface area contributed by atoms with Gasteiger partial charge in [-0.1, -0.05) is 0 Å². The number of pyridine rings is 1. The van der Waals surface area contributed by atoms with Crippen LogP contribution in [0.4, 0.5) is 5.69 Å². The Bertz CT molecular complexity index is 1530. The Morgan fingerprint density at radius 3 is 2.79 bits per heavy atom. The molecule has 1 amide bonds. The van der Waals surface area contributed by atoms with Crippen LogP contribution >= 0.6 is 0 Å². The van der Waals surface area contributed by atoms with Crippen LogP contribution in [0.15, 0.2) is 47.7 Å². The van der Waals surface area contributed by atoms with Gasteiger partial charge in [-0.05, 0) is 44.2 Å². The van der Waals surface area contributed by atoms with Crippen molar-refractivity contribution in [3.63, 3.8) is 0 Å². The molecule has 1 aromatic carbocycles. The number of anilines is 1. The number of nitriles is 1. The molecule has 3 N–H and O–H groups in total. The number of nitrogens with zero attached hydrogens (tertiary/aromatic N) is 4. The number of sulfone groups is 1. The Labute approximate surface area is 196 Å². The van der Waals surface area contributed by atoms with Crippen LogP contribution in [0, 0.1) is 11.3 Å². The first-order valence-corrected chi connectivity index (χ1v) is 12.3. The number of aromatic nitrogens is 2. The van der Waals surface area contributed by atoms with E-state index >= 15 is 0 Å². The zero-order valence-corrected chi connectivity index (χ0v) is 19.4. The summed E-state index contributed by atoms with van der Waals surface area (Å²) in [5.74, 6) is -0.0851. The molecule has 0 saturated carbocycles. The number of nitrogens with two attached hydrogens (primary N) is 1. The Kier molecular flexibility index (Phi) is 4.70. The highest BCUT2D eigenvalue weighted by molar-refractivity contribution is 7.93. The molecule has 0 unspecified atom stereocenters. The lowest BCUT2D eigenvalue weighted by molar-refractivity contribution is 0.102. The van der Waals surface area contributed by atoms with Crippen molar-refractivity contribution < 1.29 is 17.9 Å². The summed E-state index contributed by atoms with van der Waals surface area (Å²) < 4.78 is 32.3. The van der Waals surface area contributed by atoms with Gasteiger partial charge < -0.3 is 20.2 Å². The van der Waals surface area contributed by atoms with E-state index < -0.39 is 26.0 Å². The van der Waals surface area contributed by atoms with E-state index in [1.165, 1.54) is 6.20 Å². The first-order chi connectivity index (χ1) is 16.0. The van der Waals surface area contributed by atoms with Crippen LogP contribution in [0.5, 0.6) is 5.75 Å². The van der Waals surface area contributed by atoms with Crippen LogP contribution in [0.25, 0.3) is 5.65 Å². The summed E-state index contributed by atoms with van der Waals surface area (Å²) in [4.78, 5) is 21.9. The third kappa shape index (κ3) is 3.30. The number of fused-ring (bicyclic) bond motifs is 3. The molecule has 0 fully saturated rings. The molecular weight excluding hydrogens is 456 g/mol.